The molecule has 1 atom stereocenters. The van der Waals surface area contributed by atoms with Gasteiger partial charge in [-0.05, 0) is 20.8 Å². The van der Waals surface area contributed by atoms with Crippen molar-refractivity contribution in [2.75, 3.05) is 0 Å². The van der Waals surface area contributed by atoms with Crippen LogP contribution in [0.1, 0.15) is 27.2 Å². The Labute approximate surface area is 177 Å². The summed E-state index contributed by atoms with van der Waals surface area (Å²) in [6.45, 7) is 2.11. The normalized spacial score (nSPS) is 17.2. The van der Waals surface area contributed by atoms with Crippen LogP contribution >= 0.6 is 0 Å². The molecule has 1 unspecified atom stereocenters. The molecule has 0 saturated heterocycles. The van der Waals surface area contributed by atoms with Crippen LogP contribution < -0.4 is 0 Å². The maximum Gasteiger partial charge on any atom is 0.460 e. The van der Waals surface area contributed by atoms with E-state index in [1.807, 2.05) is 0 Å². The predicted molar refractivity (Wildman–Crippen MR) is 72.1 cm³/mol. The second-order valence-corrected chi connectivity index (χ2v) is 7.61. The minimum Gasteiger partial charge on any atom is -0.230 e. The van der Waals surface area contributed by atoms with Gasteiger partial charge < -0.3 is 0 Å². The summed E-state index contributed by atoms with van der Waals surface area (Å²) in [4.78, 5) is 6.98. The number of rotatable bonds is 9. The quantitative estimate of drug-likeness (QED) is 0.168. The maximum atomic E-state index is 14.0. The van der Waals surface area contributed by atoms with Crippen molar-refractivity contribution in [1.82, 2.24) is 0 Å². The van der Waals surface area contributed by atoms with E-state index in [4.69, 9.17) is 0 Å². The minimum atomic E-state index is -7.80. The average Bonchev–Trinajstić information content (AvgIpc) is 2.54. The first-order chi connectivity index (χ1) is 14.3. The molecule has 0 spiro atoms. The molecule has 0 aliphatic carbocycles. The summed E-state index contributed by atoms with van der Waals surface area (Å²) in [7, 11) is 0. The number of hydrogen-bond acceptors (Lipinski definition) is 2. The molecule has 206 valence electrons. The zero-order valence-electron chi connectivity index (χ0n) is 16.4. The molecule has 0 heterocycles. The Morgan fingerprint density at radius 2 is 0.824 bits per heavy atom. The fourth-order valence-corrected chi connectivity index (χ4v) is 1.78. The monoisotopic (exact) mass is 554 g/mol. The first-order valence-corrected chi connectivity index (χ1v) is 8.06. The van der Waals surface area contributed by atoms with Crippen LogP contribution in [0.4, 0.5) is 79.0 Å². The molecule has 0 aliphatic rings. The highest BCUT2D eigenvalue weighted by Gasteiger charge is 2.86. The van der Waals surface area contributed by atoms with E-state index in [2.05, 4.69) is 9.78 Å². The highest BCUT2D eigenvalue weighted by atomic mass is 19.4. The molecule has 0 aromatic rings. The van der Waals surface area contributed by atoms with Crippen LogP contribution in [0.15, 0.2) is 0 Å². The molecular weight excluding hydrogens is 542 g/mol. The highest BCUT2D eigenvalue weighted by Crippen LogP contribution is 2.58. The van der Waals surface area contributed by atoms with Gasteiger partial charge in [0.15, 0.2) is 6.10 Å². The third kappa shape index (κ3) is 5.56. The Bertz CT molecular complexity index is 699. The van der Waals surface area contributed by atoms with Crippen LogP contribution in [0.25, 0.3) is 0 Å². The Morgan fingerprint density at radius 3 is 1.12 bits per heavy atom. The standard InChI is InChI=1S/C14H12F18O2/c1-6(2,3)34-33-5(8(17,18)10(21,22)12(25,26)14(30,31)32)4-7(15,16)9(19,20)11(23,24)13(27,28)29/h5H,4H2,1-3H3. The minimum absolute atomic E-state index is 0.704. The molecule has 34 heavy (non-hydrogen) atoms. The summed E-state index contributed by atoms with van der Waals surface area (Å²) < 4.78 is 234. The van der Waals surface area contributed by atoms with Gasteiger partial charge in [0.2, 0.25) is 0 Å². The fourth-order valence-electron chi connectivity index (χ4n) is 1.78. The third-order valence-corrected chi connectivity index (χ3v) is 3.64. The SMILES string of the molecule is CC(C)(C)OOC(CC(F)(F)C(F)(F)C(F)(F)C(F)(F)F)C(F)(F)C(F)(F)C(F)(F)C(F)(F)F. The van der Waals surface area contributed by atoms with E-state index < -0.39 is 66.0 Å². The van der Waals surface area contributed by atoms with E-state index in [0.717, 1.165) is 0 Å². The summed E-state index contributed by atoms with van der Waals surface area (Å²) in [6, 6.07) is 0. The van der Waals surface area contributed by atoms with Crippen molar-refractivity contribution in [2.24, 2.45) is 0 Å². The van der Waals surface area contributed by atoms with E-state index >= 15 is 0 Å². The van der Waals surface area contributed by atoms with Gasteiger partial charge in [-0.3, -0.25) is 0 Å². The number of alkyl halides is 18. The van der Waals surface area contributed by atoms with E-state index in [1.165, 1.54) is 0 Å². The van der Waals surface area contributed by atoms with Crippen LogP contribution in [0.2, 0.25) is 0 Å². The van der Waals surface area contributed by atoms with Crippen molar-refractivity contribution in [3.63, 3.8) is 0 Å². The molecule has 0 bridgehead atoms. The zero-order chi connectivity index (χ0) is 28.2. The molecule has 0 saturated carbocycles. The van der Waals surface area contributed by atoms with Crippen molar-refractivity contribution in [3.05, 3.63) is 0 Å². The summed E-state index contributed by atoms with van der Waals surface area (Å²) in [6.07, 6.45) is -24.1. The molecule has 20 heteroatoms. The van der Waals surface area contributed by atoms with Gasteiger partial charge >= 0.3 is 47.9 Å². The molecule has 0 aliphatic heterocycles. The zero-order valence-corrected chi connectivity index (χ0v) is 16.4. The Morgan fingerprint density at radius 1 is 0.500 bits per heavy atom. The van der Waals surface area contributed by atoms with Gasteiger partial charge in [-0.25, -0.2) is 9.78 Å². The van der Waals surface area contributed by atoms with E-state index in [0.29, 0.717) is 20.8 Å². The Balaban J connectivity index is 6.70. The average molecular weight is 554 g/mol. The van der Waals surface area contributed by atoms with Gasteiger partial charge in [0.25, 0.3) is 0 Å². The Hall–Kier alpha value is -1.34. The van der Waals surface area contributed by atoms with E-state index in [-0.39, 0.29) is 0 Å². The van der Waals surface area contributed by atoms with Crippen molar-refractivity contribution >= 4 is 0 Å². The topological polar surface area (TPSA) is 18.5 Å². The molecule has 0 fully saturated rings. The molecule has 0 radical (unpaired) electrons. The number of halogens is 18. The van der Waals surface area contributed by atoms with Crippen molar-refractivity contribution < 1.29 is 88.8 Å². The second-order valence-electron chi connectivity index (χ2n) is 7.61. The van der Waals surface area contributed by atoms with Gasteiger partial charge in [-0.2, -0.15) is 79.0 Å². The summed E-state index contributed by atoms with van der Waals surface area (Å²) in [5.41, 5.74) is -2.11. The summed E-state index contributed by atoms with van der Waals surface area (Å²) in [5.74, 6) is -45.5. The largest absolute Gasteiger partial charge is 0.460 e. The maximum absolute atomic E-state index is 14.0. The van der Waals surface area contributed by atoms with E-state index in [9.17, 15) is 79.0 Å². The lowest BCUT2D eigenvalue weighted by atomic mass is 9.91. The summed E-state index contributed by atoms with van der Waals surface area (Å²) in [5, 5.41) is 0. The van der Waals surface area contributed by atoms with Gasteiger partial charge in [0.1, 0.15) is 0 Å². The van der Waals surface area contributed by atoms with Crippen molar-refractivity contribution in [2.45, 2.75) is 86.8 Å². The molecule has 0 aromatic heterocycles. The lowest BCUT2D eigenvalue weighted by Crippen LogP contribution is -2.67. The Kier molecular flexibility index (Phi) is 8.31. The van der Waals surface area contributed by atoms with Crippen LogP contribution in [0.3, 0.4) is 0 Å². The fraction of sp³-hybridized carbons (Fsp3) is 1.00. The first-order valence-electron chi connectivity index (χ1n) is 8.06. The second kappa shape index (κ2) is 8.65. The van der Waals surface area contributed by atoms with Gasteiger partial charge in [-0.15, -0.1) is 0 Å². The van der Waals surface area contributed by atoms with Crippen LogP contribution in [-0.4, -0.2) is 59.6 Å². The highest BCUT2D eigenvalue weighted by molar-refractivity contribution is 5.07. The molecule has 0 amide bonds. The van der Waals surface area contributed by atoms with Gasteiger partial charge in [0.05, 0.1) is 12.0 Å². The van der Waals surface area contributed by atoms with Crippen LogP contribution in [-0.2, 0) is 9.78 Å². The number of hydrogen-bond donors (Lipinski definition) is 0. The van der Waals surface area contributed by atoms with Crippen molar-refractivity contribution in [1.29, 1.82) is 0 Å². The van der Waals surface area contributed by atoms with Gasteiger partial charge in [-0.1, -0.05) is 0 Å². The third-order valence-electron chi connectivity index (χ3n) is 3.64. The van der Waals surface area contributed by atoms with Gasteiger partial charge in [0, 0.05) is 0 Å². The smallest absolute Gasteiger partial charge is 0.230 e. The first kappa shape index (κ1) is 32.7. The molecule has 0 rings (SSSR count). The molecule has 2 nitrogen and oxygen atoms in total. The van der Waals surface area contributed by atoms with E-state index in [1.54, 1.807) is 0 Å². The molecular formula is C14H12F18O2. The molecule has 0 N–H and O–H groups in total. The lowest BCUT2D eigenvalue weighted by Gasteiger charge is -2.40. The lowest BCUT2D eigenvalue weighted by molar-refractivity contribution is -0.458. The van der Waals surface area contributed by atoms with Crippen LogP contribution in [0.5, 0.6) is 0 Å². The predicted octanol–water partition coefficient (Wildman–Crippen LogP) is 7.43. The van der Waals surface area contributed by atoms with Crippen molar-refractivity contribution in [3.8, 4) is 0 Å². The molecule has 0 aromatic carbocycles. The van der Waals surface area contributed by atoms with Crippen LogP contribution in [0, 0.1) is 0 Å². The summed E-state index contributed by atoms with van der Waals surface area (Å²) >= 11 is 0.